The highest BCUT2D eigenvalue weighted by Gasteiger charge is 2.45. The lowest BCUT2D eigenvalue weighted by atomic mass is 9.91. The molecule has 41 heavy (non-hydrogen) atoms. The molecule has 2 aliphatic rings. The number of hydrogen-bond acceptors (Lipinski definition) is 6. The Morgan fingerprint density at radius 1 is 0.756 bits per heavy atom. The van der Waals surface area contributed by atoms with Gasteiger partial charge in [-0.2, -0.15) is 0 Å². The van der Waals surface area contributed by atoms with Gasteiger partial charge < -0.3 is 23.8 Å². The second kappa shape index (κ2) is 13.3. The zero-order valence-corrected chi connectivity index (χ0v) is 24.7. The summed E-state index contributed by atoms with van der Waals surface area (Å²) < 4.78 is 22.0. The topological polar surface area (TPSA) is 60.5 Å². The van der Waals surface area contributed by atoms with Gasteiger partial charge >= 0.3 is 0 Å². The number of carbonyl (C=O) groups excluding carboxylic acids is 1. The first-order valence-electron chi connectivity index (χ1n) is 14.5. The highest BCUT2D eigenvalue weighted by atomic mass is 16.5. The number of nitrogens with zero attached hydrogens (tertiary/aromatic N) is 2. The van der Waals surface area contributed by atoms with Crippen LogP contribution in [0.5, 0.6) is 23.0 Å². The number of amides is 1. The highest BCUT2D eigenvalue weighted by molar-refractivity contribution is 5.83. The largest absolute Gasteiger partial charge is 0.493 e. The van der Waals surface area contributed by atoms with Crippen molar-refractivity contribution < 1.29 is 23.7 Å². The minimum Gasteiger partial charge on any atom is -0.493 e. The molecule has 0 aromatic heterocycles. The maximum atomic E-state index is 13.8. The molecule has 218 valence electrons. The van der Waals surface area contributed by atoms with E-state index in [0.29, 0.717) is 6.04 Å². The van der Waals surface area contributed by atoms with Crippen LogP contribution in [0.25, 0.3) is 0 Å². The van der Waals surface area contributed by atoms with Gasteiger partial charge in [-0.25, -0.2) is 0 Å². The van der Waals surface area contributed by atoms with Gasteiger partial charge in [0, 0.05) is 25.7 Å². The van der Waals surface area contributed by atoms with Crippen LogP contribution >= 0.6 is 0 Å². The van der Waals surface area contributed by atoms with Gasteiger partial charge in [0.25, 0.3) is 0 Å². The number of benzene rings is 3. The van der Waals surface area contributed by atoms with Gasteiger partial charge in [-0.1, -0.05) is 42.5 Å². The second-order valence-electron chi connectivity index (χ2n) is 11.1. The lowest BCUT2D eigenvalue weighted by Gasteiger charge is -2.41. The van der Waals surface area contributed by atoms with E-state index >= 15 is 0 Å². The number of methoxy groups -OCH3 is 4. The number of carbonyl (C=O) groups is 1. The Bertz CT molecular complexity index is 1310. The minimum atomic E-state index is -0.0264. The molecular weight excluding hydrogens is 516 g/mol. The summed E-state index contributed by atoms with van der Waals surface area (Å²) in [5.74, 6) is 3.48. The Hall–Kier alpha value is -3.71. The summed E-state index contributed by atoms with van der Waals surface area (Å²) in [5.41, 5.74) is 3.64. The van der Waals surface area contributed by atoms with Gasteiger partial charge in [0.2, 0.25) is 5.91 Å². The fourth-order valence-electron chi connectivity index (χ4n) is 6.47. The van der Waals surface area contributed by atoms with Gasteiger partial charge in [-0.05, 0) is 79.0 Å². The van der Waals surface area contributed by atoms with Gasteiger partial charge in [0.1, 0.15) is 0 Å². The van der Waals surface area contributed by atoms with E-state index in [1.54, 1.807) is 28.4 Å². The van der Waals surface area contributed by atoms with Crippen LogP contribution in [0.15, 0.2) is 66.7 Å². The Labute approximate surface area is 244 Å². The summed E-state index contributed by atoms with van der Waals surface area (Å²) in [4.78, 5) is 18.4. The fraction of sp³-hybridized carbons (Fsp3) is 0.441. The quantitative estimate of drug-likeness (QED) is 0.281. The van der Waals surface area contributed by atoms with Crippen molar-refractivity contribution in [1.82, 2.24) is 9.80 Å². The van der Waals surface area contributed by atoms with E-state index in [-0.39, 0.29) is 17.9 Å². The molecule has 7 nitrogen and oxygen atoms in total. The molecule has 3 aromatic carbocycles. The summed E-state index contributed by atoms with van der Waals surface area (Å²) >= 11 is 0. The molecule has 5 rings (SSSR count). The van der Waals surface area contributed by atoms with Gasteiger partial charge in [-0.15, -0.1) is 0 Å². The molecule has 3 unspecified atom stereocenters. The summed E-state index contributed by atoms with van der Waals surface area (Å²) in [6.45, 7) is 2.37. The van der Waals surface area contributed by atoms with Crippen molar-refractivity contribution in [3.05, 3.63) is 83.4 Å². The number of ether oxygens (including phenoxy) is 4. The van der Waals surface area contributed by atoms with Crippen molar-refractivity contribution in [2.75, 3.05) is 41.5 Å². The third-order valence-electron chi connectivity index (χ3n) is 8.62. The highest BCUT2D eigenvalue weighted by Crippen LogP contribution is 2.35. The van der Waals surface area contributed by atoms with Crippen LogP contribution in [0.4, 0.5) is 0 Å². The number of hydrogen-bond donors (Lipinski definition) is 0. The third-order valence-corrected chi connectivity index (χ3v) is 8.62. The number of piperazine rings is 1. The van der Waals surface area contributed by atoms with Gasteiger partial charge in [0.15, 0.2) is 23.0 Å². The molecule has 0 spiro atoms. The first kappa shape index (κ1) is 28.8. The van der Waals surface area contributed by atoms with Crippen molar-refractivity contribution in [3.8, 4) is 23.0 Å². The van der Waals surface area contributed by atoms with E-state index in [9.17, 15) is 4.79 Å². The smallest absolute Gasteiger partial charge is 0.240 e. The number of fused-ring (bicyclic) bond motifs is 2. The van der Waals surface area contributed by atoms with Crippen molar-refractivity contribution in [2.24, 2.45) is 5.92 Å². The molecule has 0 radical (unpaired) electrons. The maximum Gasteiger partial charge on any atom is 0.240 e. The average Bonchev–Trinajstić information content (AvgIpc) is 3.32. The Balaban J connectivity index is 1.32. The summed E-state index contributed by atoms with van der Waals surface area (Å²) in [7, 11) is 6.64. The molecule has 2 bridgehead atoms. The molecule has 2 heterocycles. The van der Waals surface area contributed by atoms with Crippen molar-refractivity contribution in [3.63, 3.8) is 0 Å². The second-order valence-corrected chi connectivity index (χ2v) is 11.1. The average molecular weight is 559 g/mol. The SMILES string of the molecule is COc1ccc(CCC(Cc2ccc(OC)c(OC)c2)CN2CC3CCC(C2=O)N3Cc2ccccc2)cc1OC. The molecule has 3 atom stereocenters. The molecular formula is C34H42N2O5. The zero-order chi connectivity index (χ0) is 28.8. The minimum absolute atomic E-state index is 0.0264. The van der Waals surface area contributed by atoms with Crippen LogP contribution in [0.3, 0.4) is 0 Å². The van der Waals surface area contributed by atoms with Crippen LogP contribution in [-0.2, 0) is 24.2 Å². The number of rotatable bonds is 13. The third kappa shape index (κ3) is 6.62. The zero-order valence-electron chi connectivity index (χ0n) is 24.7. The van der Waals surface area contributed by atoms with E-state index in [2.05, 4.69) is 58.3 Å². The maximum absolute atomic E-state index is 13.8. The standard InChI is InChI=1S/C34H42N2O5/c1-38-30-16-12-24(19-32(30)40-3)10-11-27(18-26-13-17-31(39-2)33(20-26)41-4)21-35-23-28-14-15-29(34(35)37)36(28)22-25-8-6-5-7-9-25/h5-9,12-13,16-17,19-20,27-29H,10-11,14-15,18,21-23H2,1-4H3. The molecule has 2 aliphatic heterocycles. The van der Waals surface area contributed by atoms with Gasteiger partial charge in [-0.3, -0.25) is 9.69 Å². The summed E-state index contributed by atoms with van der Waals surface area (Å²) in [5, 5.41) is 0. The predicted octanol–water partition coefficient (Wildman–Crippen LogP) is 5.39. The molecule has 0 N–H and O–H groups in total. The lowest BCUT2D eigenvalue weighted by Crippen LogP contribution is -2.57. The van der Waals surface area contributed by atoms with Crippen molar-refractivity contribution in [2.45, 2.75) is 50.7 Å². The number of aryl methyl sites for hydroxylation is 1. The van der Waals surface area contributed by atoms with Crippen molar-refractivity contribution in [1.29, 1.82) is 0 Å². The first-order chi connectivity index (χ1) is 20.0. The fourth-order valence-corrected chi connectivity index (χ4v) is 6.47. The van der Waals surface area contributed by atoms with Gasteiger partial charge in [0.05, 0.1) is 34.5 Å². The first-order valence-corrected chi connectivity index (χ1v) is 14.5. The van der Waals surface area contributed by atoms with Crippen LogP contribution in [0.2, 0.25) is 0 Å². The molecule has 0 aliphatic carbocycles. The van der Waals surface area contributed by atoms with Crippen LogP contribution in [-0.4, -0.2) is 69.3 Å². The van der Waals surface area contributed by atoms with E-state index in [1.807, 2.05) is 18.2 Å². The number of likely N-dealkylation sites (tertiary alicyclic amines) is 1. The lowest BCUT2D eigenvalue weighted by molar-refractivity contribution is -0.142. The summed E-state index contributed by atoms with van der Waals surface area (Å²) in [6.07, 6.45) is 4.69. The molecule has 1 amide bonds. The molecule has 7 heteroatoms. The molecule has 3 aromatic rings. The molecule has 2 saturated heterocycles. The monoisotopic (exact) mass is 558 g/mol. The normalized spacial score (nSPS) is 19.2. The van der Waals surface area contributed by atoms with Crippen LogP contribution in [0, 0.1) is 5.92 Å². The van der Waals surface area contributed by atoms with Crippen LogP contribution < -0.4 is 18.9 Å². The van der Waals surface area contributed by atoms with E-state index in [4.69, 9.17) is 18.9 Å². The van der Waals surface area contributed by atoms with E-state index in [1.165, 1.54) is 16.7 Å². The Morgan fingerprint density at radius 2 is 1.39 bits per heavy atom. The van der Waals surface area contributed by atoms with Crippen LogP contribution in [0.1, 0.15) is 36.0 Å². The predicted molar refractivity (Wildman–Crippen MR) is 160 cm³/mol. The van der Waals surface area contributed by atoms with E-state index in [0.717, 1.165) is 74.7 Å². The Kier molecular flexibility index (Phi) is 9.35. The molecule has 0 saturated carbocycles. The summed E-state index contributed by atoms with van der Waals surface area (Å²) in [6, 6.07) is 23.1. The molecule has 2 fully saturated rings. The Morgan fingerprint density at radius 3 is 2.05 bits per heavy atom. The van der Waals surface area contributed by atoms with Crippen molar-refractivity contribution >= 4 is 5.91 Å². The van der Waals surface area contributed by atoms with E-state index < -0.39 is 0 Å².